The van der Waals surface area contributed by atoms with Crippen LogP contribution in [0.2, 0.25) is 0 Å². The number of rotatable bonds is 5. The van der Waals surface area contributed by atoms with Crippen molar-refractivity contribution in [3.63, 3.8) is 0 Å². The second-order valence-electron chi connectivity index (χ2n) is 6.37. The molecule has 1 aromatic carbocycles. The summed E-state index contributed by atoms with van der Waals surface area (Å²) >= 11 is 0. The number of nitrogens with one attached hydrogen (secondary N) is 2. The minimum atomic E-state index is -2.84. The van der Waals surface area contributed by atoms with Gasteiger partial charge in [-0.2, -0.15) is 0 Å². The van der Waals surface area contributed by atoms with Gasteiger partial charge in [-0.05, 0) is 31.0 Å². The molecule has 0 aliphatic carbocycles. The van der Waals surface area contributed by atoms with Gasteiger partial charge in [-0.15, -0.1) is 24.0 Å². The van der Waals surface area contributed by atoms with Crippen LogP contribution in [0.15, 0.2) is 23.2 Å². The van der Waals surface area contributed by atoms with Crippen LogP contribution < -0.4 is 10.6 Å². The Labute approximate surface area is 172 Å². The van der Waals surface area contributed by atoms with Crippen LogP contribution in [0.4, 0.5) is 4.39 Å². The summed E-state index contributed by atoms with van der Waals surface area (Å²) in [6.07, 6.45) is 0. The Bertz CT molecular complexity index is 713. The first-order valence-electron chi connectivity index (χ1n) is 8.47. The molecule has 1 aliphatic heterocycles. The van der Waals surface area contributed by atoms with Crippen LogP contribution in [0, 0.1) is 12.7 Å². The van der Waals surface area contributed by atoms with Crippen molar-refractivity contribution in [2.45, 2.75) is 19.9 Å². The maximum Gasteiger partial charge on any atom is 0.191 e. The third-order valence-electron chi connectivity index (χ3n) is 4.43. The second kappa shape index (κ2) is 10.4. The molecule has 26 heavy (non-hydrogen) atoms. The zero-order chi connectivity index (χ0) is 18.4. The molecule has 148 valence electrons. The lowest BCUT2D eigenvalue weighted by Crippen LogP contribution is -2.46. The second-order valence-corrected chi connectivity index (χ2v) is 8.67. The minimum absolute atomic E-state index is 0. The highest BCUT2D eigenvalue weighted by Gasteiger charge is 2.21. The Balaban J connectivity index is 0.00000338. The monoisotopic (exact) mass is 498 g/mol. The van der Waals surface area contributed by atoms with Gasteiger partial charge in [-0.1, -0.05) is 12.1 Å². The number of benzene rings is 1. The average Bonchev–Trinajstić information content (AvgIpc) is 2.57. The molecular weight excluding hydrogens is 470 g/mol. The molecule has 0 radical (unpaired) electrons. The number of guanidine groups is 1. The van der Waals surface area contributed by atoms with Gasteiger partial charge in [-0.25, -0.2) is 12.8 Å². The molecule has 1 atom stereocenters. The largest absolute Gasteiger partial charge is 0.355 e. The third kappa shape index (κ3) is 6.99. The molecule has 1 saturated heterocycles. The van der Waals surface area contributed by atoms with Crippen molar-refractivity contribution >= 4 is 39.8 Å². The van der Waals surface area contributed by atoms with E-state index in [-0.39, 0.29) is 47.3 Å². The van der Waals surface area contributed by atoms with Gasteiger partial charge in [0.2, 0.25) is 0 Å². The fraction of sp³-hybridized carbons (Fsp3) is 0.588. The summed E-state index contributed by atoms with van der Waals surface area (Å²) < 4.78 is 36.6. The van der Waals surface area contributed by atoms with E-state index in [1.807, 2.05) is 13.0 Å². The number of sulfone groups is 1. The van der Waals surface area contributed by atoms with Gasteiger partial charge >= 0.3 is 0 Å². The van der Waals surface area contributed by atoms with Crippen molar-refractivity contribution in [2.75, 3.05) is 44.7 Å². The normalized spacial score (nSPS) is 18.7. The van der Waals surface area contributed by atoms with Crippen LogP contribution in [0.5, 0.6) is 0 Å². The van der Waals surface area contributed by atoms with Crippen molar-refractivity contribution < 1.29 is 12.8 Å². The Kier molecular flexibility index (Phi) is 9.25. The van der Waals surface area contributed by atoms with Crippen LogP contribution in [-0.4, -0.2) is 64.0 Å². The minimum Gasteiger partial charge on any atom is -0.355 e. The van der Waals surface area contributed by atoms with Crippen molar-refractivity contribution in [3.05, 3.63) is 35.1 Å². The fourth-order valence-electron chi connectivity index (χ4n) is 2.67. The van der Waals surface area contributed by atoms with Crippen LogP contribution in [0.25, 0.3) is 0 Å². The lowest BCUT2D eigenvalue weighted by atomic mass is 10.1. The van der Waals surface area contributed by atoms with Crippen molar-refractivity contribution in [3.8, 4) is 0 Å². The van der Waals surface area contributed by atoms with Gasteiger partial charge < -0.3 is 10.6 Å². The first kappa shape index (κ1) is 23.1. The van der Waals surface area contributed by atoms with E-state index in [1.165, 1.54) is 6.07 Å². The third-order valence-corrected chi connectivity index (χ3v) is 6.04. The highest BCUT2D eigenvalue weighted by molar-refractivity contribution is 14.0. The lowest BCUT2D eigenvalue weighted by Gasteiger charge is -2.27. The van der Waals surface area contributed by atoms with Crippen LogP contribution in [0.1, 0.15) is 24.1 Å². The molecule has 2 N–H and O–H groups in total. The fourth-order valence-corrected chi connectivity index (χ4v) is 3.94. The summed E-state index contributed by atoms with van der Waals surface area (Å²) in [6, 6.07) is 5.12. The molecule has 6 nitrogen and oxygen atoms in total. The quantitative estimate of drug-likeness (QED) is 0.368. The van der Waals surface area contributed by atoms with E-state index in [0.717, 1.165) is 12.1 Å². The summed E-state index contributed by atoms with van der Waals surface area (Å²) in [5.41, 5.74) is 1.48. The molecule has 1 aromatic rings. The van der Waals surface area contributed by atoms with Crippen molar-refractivity contribution in [1.82, 2.24) is 15.5 Å². The molecule has 0 bridgehead atoms. The summed E-state index contributed by atoms with van der Waals surface area (Å²) in [7, 11) is -1.16. The van der Waals surface area contributed by atoms with E-state index < -0.39 is 9.84 Å². The molecule has 1 unspecified atom stereocenters. The zero-order valence-corrected chi connectivity index (χ0v) is 18.6. The molecule has 1 fully saturated rings. The summed E-state index contributed by atoms with van der Waals surface area (Å²) in [5.74, 6) is 0.888. The first-order chi connectivity index (χ1) is 11.8. The van der Waals surface area contributed by atoms with Gasteiger partial charge in [-0.3, -0.25) is 9.89 Å². The van der Waals surface area contributed by atoms with E-state index in [4.69, 9.17) is 0 Å². The van der Waals surface area contributed by atoms with Crippen LogP contribution >= 0.6 is 24.0 Å². The summed E-state index contributed by atoms with van der Waals surface area (Å²) in [4.78, 5) is 6.31. The molecule has 1 aliphatic rings. The molecular formula is C17H28FIN4O2S. The van der Waals surface area contributed by atoms with Crippen LogP contribution in [-0.2, 0) is 9.84 Å². The topological polar surface area (TPSA) is 73.8 Å². The molecule has 0 spiro atoms. The van der Waals surface area contributed by atoms with Gasteiger partial charge in [0, 0.05) is 33.2 Å². The number of aliphatic imine (C=N–C) groups is 1. The van der Waals surface area contributed by atoms with Crippen molar-refractivity contribution in [1.29, 1.82) is 0 Å². The molecule has 0 saturated carbocycles. The van der Waals surface area contributed by atoms with E-state index in [1.54, 1.807) is 20.0 Å². The average molecular weight is 498 g/mol. The smallest absolute Gasteiger partial charge is 0.191 e. The number of aryl methyl sites for hydroxylation is 1. The molecule has 9 heteroatoms. The number of halogens is 2. The van der Waals surface area contributed by atoms with E-state index in [9.17, 15) is 12.8 Å². The number of hydrogen-bond acceptors (Lipinski definition) is 4. The SMILES string of the molecule is CN=C(NCCN1CCS(=O)(=O)CC1)NC(C)c1ccc(C)c(F)c1.I. The van der Waals surface area contributed by atoms with Crippen molar-refractivity contribution in [2.24, 2.45) is 4.99 Å². The number of hydrogen-bond donors (Lipinski definition) is 2. The molecule has 1 heterocycles. The Morgan fingerprint density at radius 1 is 1.35 bits per heavy atom. The van der Waals surface area contributed by atoms with Gasteiger partial charge in [0.15, 0.2) is 15.8 Å². The lowest BCUT2D eigenvalue weighted by molar-refractivity contribution is 0.299. The zero-order valence-electron chi connectivity index (χ0n) is 15.5. The standard InChI is InChI=1S/C17H27FN4O2S.HI/c1-13-4-5-15(12-16(13)18)14(2)21-17(19-3)20-6-7-22-8-10-25(23,24)11-9-22;/h4-5,12,14H,6-11H2,1-3H3,(H2,19,20,21);1H. The molecule has 2 rings (SSSR count). The van der Waals surface area contributed by atoms with Gasteiger partial charge in [0.1, 0.15) is 5.82 Å². The Morgan fingerprint density at radius 3 is 2.58 bits per heavy atom. The summed E-state index contributed by atoms with van der Waals surface area (Å²) in [6.45, 7) is 6.26. The summed E-state index contributed by atoms with van der Waals surface area (Å²) in [5, 5.41) is 6.46. The maximum absolute atomic E-state index is 13.7. The maximum atomic E-state index is 13.7. The predicted molar refractivity (Wildman–Crippen MR) is 115 cm³/mol. The van der Waals surface area contributed by atoms with Gasteiger partial charge in [0.05, 0.1) is 17.5 Å². The number of nitrogens with zero attached hydrogens (tertiary/aromatic N) is 2. The highest BCUT2D eigenvalue weighted by atomic mass is 127. The molecule has 0 aromatic heterocycles. The van der Waals surface area contributed by atoms with Gasteiger partial charge in [0.25, 0.3) is 0 Å². The van der Waals surface area contributed by atoms with E-state index in [2.05, 4.69) is 20.5 Å². The molecule has 0 amide bonds. The van der Waals surface area contributed by atoms with E-state index >= 15 is 0 Å². The predicted octanol–water partition coefficient (Wildman–Crippen LogP) is 1.71. The highest BCUT2D eigenvalue weighted by Crippen LogP contribution is 2.16. The van der Waals surface area contributed by atoms with Crippen LogP contribution in [0.3, 0.4) is 0 Å². The Hall–Kier alpha value is -0.940. The van der Waals surface area contributed by atoms with E-state index in [0.29, 0.717) is 31.2 Å². The Morgan fingerprint density at radius 2 is 2.00 bits per heavy atom. The first-order valence-corrected chi connectivity index (χ1v) is 10.3.